The molecule has 0 aliphatic rings. The minimum Gasteiger partial charge on any atom is -0.488 e. The minimum absolute atomic E-state index is 0.463. The third-order valence-corrected chi connectivity index (χ3v) is 5.90. The van der Waals surface area contributed by atoms with Crippen LogP contribution in [0.4, 0.5) is 0 Å². The lowest BCUT2D eigenvalue weighted by Gasteiger charge is -2.13. The zero-order valence-electron chi connectivity index (χ0n) is 16.5. The number of thiophene rings is 1. The predicted octanol–water partition coefficient (Wildman–Crippen LogP) is 7.41. The molecule has 0 spiro atoms. The number of carbonyl (C=O) groups is 1. The fourth-order valence-corrected chi connectivity index (χ4v) is 4.35. The van der Waals surface area contributed by atoms with Crippen LogP contribution < -0.4 is 4.74 Å². The maximum absolute atomic E-state index is 10.8. The third kappa shape index (κ3) is 5.23. The SMILES string of the molecule is O=C(O)C=Cc1cccc(-c2sccc2-c2cc(Cl)ccc2OCc2ccccc2)c1. The Morgan fingerprint density at radius 2 is 1.81 bits per heavy atom. The first-order valence-electron chi connectivity index (χ1n) is 9.66. The number of ether oxygens (including phenoxy) is 1. The Kier molecular flexibility index (Phi) is 6.51. The van der Waals surface area contributed by atoms with Gasteiger partial charge in [0, 0.05) is 27.1 Å². The van der Waals surface area contributed by atoms with E-state index in [1.54, 1.807) is 17.4 Å². The number of hydrogen-bond acceptors (Lipinski definition) is 3. The summed E-state index contributed by atoms with van der Waals surface area (Å²) in [5.74, 6) is -0.212. The molecule has 0 aliphatic heterocycles. The van der Waals surface area contributed by atoms with Crippen molar-refractivity contribution in [3.63, 3.8) is 0 Å². The summed E-state index contributed by atoms with van der Waals surface area (Å²) in [6.45, 7) is 0.463. The van der Waals surface area contributed by atoms with Gasteiger partial charge in [-0.15, -0.1) is 11.3 Å². The number of hydrogen-bond donors (Lipinski definition) is 1. The molecule has 31 heavy (non-hydrogen) atoms. The average molecular weight is 447 g/mol. The first kappa shape index (κ1) is 20.9. The molecule has 5 heteroatoms. The van der Waals surface area contributed by atoms with Crippen molar-refractivity contribution in [2.24, 2.45) is 0 Å². The Morgan fingerprint density at radius 1 is 0.968 bits per heavy atom. The number of carboxylic acid groups (broad SMARTS) is 1. The van der Waals surface area contributed by atoms with Crippen molar-refractivity contribution in [2.75, 3.05) is 0 Å². The number of carboxylic acids is 1. The van der Waals surface area contributed by atoms with E-state index in [-0.39, 0.29) is 0 Å². The molecule has 3 nitrogen and oxygen atoms in total. The molecule has 0 bridgehead atoms. The molecule has 0 aliphatic carbocycles. The quantitative estimate of drug-likeness (QED) is 0.300. The first-order chi connectivity index (χ1) is 15.1. The van der Waals surface area contributed by atoms with Gasteiger partial charge in [0.25, 0.3) is 0 Å². The molecule has 0 saturated heterocycles. The van der Waals surface area contributed by atoms with Gasteiger partial charge >= 0.3 is 5.97 Å². The minimum atomic E-state index is -0.971. The largest absolute Gasteiger partial charge is 0.488 e. The molecular weight excluding hydrogens is 428 g/mol. The van der Waals surface area contributed by atoms with Crippen molar-refractivity contribution >= 4 is 35.0 Å². The molecule has 154 valence electrons. The summed E-state index contributed by atoms with van der Waals surface area (Å²) in [6.07, 6.45) is 2.73. The van der Waals surface area contributed by atoms with Crippen LogP contribution in [-0.2, 0) is 11.4 Å². The molecule has 3 aromatic carbocycles. The smallest absolute Gasteiger partial charge is 0.328 e. The van der Waals surface area contributed by atoms with Gasteiger partial charge in [-0.25, -0.2) is 4.79 Å². The summed E-state index contributed by atoms with van der Waals surface area (Å²) in [5.41, 5.74) is 4.87. The van der Waals surface area contributed by atoms with Gasteiger partial charge in [0.05, 0.1) is 0 Å². The Morgan fingerprint density at radius 3 is 2.61 bits per heavy atom. The fourth-order valence-electron chi connectivity index (χ4n) is 3.27. The van der Waals surface area contributed by atoms with E-state index in [4.69, 9.17) is 21.4 Å². The number of halogens is 1. The van der Waals surface area contributed by atoms with E-state index < -0.39 is 5.97 Å². The van der Waals surface area contributed by atoms with Crippen LogP contribution in [0.2, 0.25) is 5.02 Å². The molecule has 1 aromatic heterocycles. The lowest BCUT2D eigenvalue weighted by Crippen LogP contribution is -1.97. The van der Waals surface area contributed by atoms with Crippen LogP contribution in [0.25, 0.3) is 27.6 Å². The molecular formula is C26H19ClO3S. The highest BCUT2D eigenvalue weighted by Gasteiger charge is 2.15. The van der Waals surface area contributed by atoms with Crippen molar-refractivity contribution in [1.82, 2.24) is 0 Å². The van der Waals surface area contributed by atoms with Crippen molar-refractivity contribution in [1.29, 1.82) is 0 Å². The molecule has 0 atom stereocenters. The predicted molar refractivity (Wildman–Crippen MR) is 128 cm³/mol. The van der Waals surface area contributed by atoms with E-state index in [0.29, 0.717) is 11.6 Å². The second-order valence-electron chi connectivity index (χ2n) is 6.88. The molecule has 0 saturated carbocycles. The van der Waals surface area contributed by atoms with Crippen LogP contribution in [0, 0.1) is 0 Å². The number of rotatable bonds is 7. The van der Waals surface area contributed by atoms with E-state index in [1.165, 1.54) is 0 Å². The molecule has 4 aromatic rings. The van der Waals surface area contributed by atoms with Gasteiger partial charge in [0.1, 0.15) is 12.4 Å². The van der Waals surface area contributed by atoms with Crippen LogP contribution in [0.3, 0.4) is 0 Å². The maximum Gasteiger partial charge on any atom is 0.328 e. The molecule has 0 radical (unpaired) electrons. The Hall–Kier alpha value is -3.34. The van der Waals surface area contributed by atoms with Crippen molar-refractivity contribution < 1.29 is 14.6 Å². The second kappa shape index (κ2) is 9.65. The highest BCUT2D eigenvalue weighted by molar-refractivity contribution is 7.14. The van der Waals surface area contributed by atoms with Crippen LogP contribution in [0.5, 0.6) is 5.75 Å². The lowest BCUT2D eigenvalue weighted by molar-refractivity contribution is -0.131. The Bertz CT molecular complexity index is 1230. The molecule has 0 amide bonds. The van der Waals surface area contributed by atoms with Gasteiger partial charge in [0.2, 0.25) is 0 Å². The standard InChI is InChI=1S/C26H19ClO3S/c27-21-10-11-24(30-17-19-5-2-1-3-6-19)23(16-21)22-13-14-31-26(22)20-8-4-7-18(15-20)9-12-25(28)29/h1-16H,17H2,(H,28,29). The van der Waals surface area contributed by atoms with Crippen molar-refractivity contribution in [2.45, 2.75) is 6.61 Å². The summed E-state index contributed by atoms with van der Waals surface area (Å²) < 4.78 is 6.15. The summed E-state index contributed by atoms with van der Waals surface area (Å²) in [7, 11) is 0. The van der Waals surface area contributed by atoms with Gasteiger partial charge in [0.15, 0.2) is 0 Å². The van der Waals surface area contributed by atoms with Crippen LogP contribution >= 0.6 is 22.9 Å². The maximum atomic E-state index is 10.8. The van der Waals surface area contributed by atoms with Crippen molar-refractivity contribution in [3.05, 3.63) is 106 Å². The Balaban J connectivity index is 1.69. The van der Waals surface area contributed by atoms with E-state index in [1.807, 2.05) is 78.2 Å². The monoisotopic (exact) mass is 446 g/mol. The van der Waals surface area contributed by atoms with Gasteiger partial charge in [-0.3, -0.25) is 0 Å². The number of aliphatic carboxylic acids is 1. The van der Waals surface area contributed by atoms with Gasteiger partial charge in [-0.1, -0.05) is 60.1 Å². The van der Waals surface area contributed by atoms with Crippen LogP contribution in [0.1, 0.15) is 11.1 Å². The van der Waals surface area contributed by atoms with E-state index in [2.05, 4.69) is 6.07 Å². The molecule has 4 rings (SSSR count). The molecule has 0 unspecified atom stereocenters. The first-order valence-corrected chi connectivity index (χ1v) is 10.9. The zero-order valence-corrected chi connectivity index (χ0v) is 18.1. The fraction of sp³-hybridized carbons (Fsp3) is 0.0385. The molecule has 1 N–H and O–H groups in total. The lowest BCUT2D eigenvalue weighted by atomic mass is 10.0. The average Bonchev–Trinajstić information content (AvgIpc) is 3.27. The summed E-state index contributed by atoms with van der Waals surface area (Å²) in [5, 5.41) is 11.6. The molecule has 0 fully saturated rings. The zero-order chi connectivity index (χ0) is 21.6. The van der Waals surface area contributed by atoms with Crippen LogP contribution in [0.15, 0.2) is 90.3 Å². The van der Waals surface area contributed by atoms with E-state index >= 15 is 0 Å². The van der Waals surface area contributed by atoms with Crippen molar-refractivity contribution in [3.8, 4) is 27.3 Å². The third-order valence-electron chi connectivity index (χ3n) is 4.70. The molecule has 1 heterocycles. The van der Waals surface area contributed by atoms with Crippen LogP contribution in [-0.4, -0.2) is 11.1 Å². The Labute approximate surface area is 189 Å². The summed E-state index contributed by atoms with van der Waals surface area (Å²) in [4.78, 5) is 11.9. The normalized spacial score (nSPS) is 11.0. The summed E-state index contributed by atoms with van der Waals surface area (Å²) >= 11 is 7.95. The van der Waals surface area contributed by atoms with Gasteiger partial charge in [-0.05, 0) is 58.5 Å². The highest BCUT2D eigenvalue weighted by Crippen LogP contribution is 2.42. The van der Waals surface area contributed by atoms with E-state index in [9.17, 15) is 4.79 Å². The van der Waals surface area contributed by atoms with E-state index in [0.717, 1.165) is 44.5 Å². The highest BCUT2D eigenvalue weighted by atomic mass is 35.5. The number of benzene rings is 3. The topological polar surface area (TPSA) is 46.5 Å². The van der Waals surface area contributed by atoms with Gasteiger partial charge in [-0.2, -0.15) is 0 Å². The van der Waals surface area contributed by atoms with Gasteiger partial charge < -0.3 is 9.84 Å². The summed E-state index contributed by atoms with van der Waals surface area (Å²) in [6, 6.07) is 25.5. The second-order valence-corrected chi connectivity index (χ2v) is 8.23.